The summed E-state index contributed by atoms with van der Waals surface area (Å²) in [6.07, 6.45) is 0. The third-order valence-corrected chi connectivity index (χ3v) is 4.49. The number of rotatable bonds is 4. The second-order valence-corrected chi connectivity index (χ2v) is 6.53. The maximum atomic E-state index is 12.8. The molecule has 142 valence electrons. The Hall–Kier alpha value is -2.96. The van der Waals surface area contributed by atoms with E-state index in [2.05, 4.69) is 4.74 Å². The standard InChI is InChI=1S/C20H20F2N2O3/c1-13-4-3-5-16(10-13)24-11-14(2)23(12-18(24)25)19(26)15-6-8-17(9-7-15)27-20(21)22/h3-10,14,20H,11-12H2,1-2H3. The van der Waals surface area contributed by atoms with Crippen LogP contribution >= 0.6 is 0 Å². The van der Waals surface area contributed by atoms with Crippen molar-refractivity contribution in [2.24, 2.45) is 0 Å². The molecule has 1 heterocycles. The fourth-order valence-corrected chi connectivity index (χ4v) is 3.11. The van der Waals surface area contributed by atoms with Crippen molar-refractivity contribution in [3.05, 3.63) is 59.7 Å². The first-order valence-electron chi connectivity index (χ1n) is 8.58. The SMILES string of the molecule is Cc1cccc(N2CC(C)N(C(=O)c3ccc(OC(F)F)cc3)CC2=O)c1. The van der Waals surface area contributed by atoms with Crippen LogP contribution in [0.25, 0.3) is 0 Å². The van der Waals surface area contributed by atoms with E-state index in [-0.39, 0.29) is 30.2 Å². The molecule has 1 atom stereocenters. The number of nitrogens with zero attached hydrogens (tertiary/aromatic N) is 2. The van der Waals surface area contributed by atoms with E-state index in [0.29, 0.717) is 12.1 Å². The number of hydrogen-bond donors (Lipinski definition) is 0. The van der Waals surface area contributed by atoms with Crippen molar-refractivity contribution in [3.63, 3.8) is 0 Å². The highest BCUT2D eigenvalue weighted by atomic mass is 19.3. The molecule has 2 aromatic rings. The first kappa shape index (κ1) is 18.8. The molecule has 1 unspecified atom stereocenters. The minimum atomic E-state index is -2.92. The van der Waals surface area contributed by atoms with Crippen LogP contribution < -0.4 is 9.64 Å². The number of alkyl halides is 2. The fourth-order valence-electron chi connectivity index (χ4n) is 3.11. The Balaban J connectivity index is 1.73. The molecule has 5 nitrogen and oxygen atoms in total. The zero-order chi connectivity index (χ0) is 19.6. The summed E-state index contributed by atoms with van der Waals surface area (Å²) in [4.78, 5) is 28.5. The number of carbonyl (C=O) groups is 2. The van der Waals surface area contributed by atoms with Crippen molar-refractivity contribution in [1.82, 2.24) is 4.90 Å². The molecule has 0 radical (unpaired) electrons. The van der Waals surface area contributed by atoms with Crippen molar-refractivity contribution in [2.45, 2.75) is 26.5 Å². The van der Waals surface area contributed by atoms with Crippen LogP contribution in [0, 0.1) is 6.92 Å². The number of hydrogen-bond acceptors (Lipinski definition) is 3. The van der Waals surface area contributed by atoms with Gasteiger partial charge in [-0.15, -0.1) is 0 Å². The molecule has 1 saturated heterocycles. The van der Waals surface area contributed by atoms with Gasteiger partial charge in [-0.25, -0.2) is 0 Å². The van der Waals surface area contributed by atoms with E-state index >= 15 is 0 Å². The molecule has 2 aromatic carbocycles. The minimum Gasteiger partial charge on any atom is -0.435 e. The molecule has 0 aromatic heterocycles. The van der Waals surface area contributed by atoms with Crippen molar-refractivity contribution >= 4 is 17.5 Å². The van der Waals surface area contributed by atoms with Gasteiger partial charge in [0.05, 0.1) is 0 Å². The zero-order valence-electron chi connectivity index (χ0n) is 15.1. The molecule has 0 N–H and O–H groups in total. The molecular weight excluding hydrogens is 354 g/mol. The number of benzene rings is 2. The van der Waals surface area contributed by atoms with E-state index in [1.807, 2.05) is 38.1 Å². The van der Waals surface area contributed by atoms with Crippen LogP contribution in [0.3, 0.4) is 0 Å². The molecule has 0 saturated carbocycles. The van der Waals surface area contributed by atoms with Gasteiger partial charge >= 0.3 is 6.61 Å². The minimum absolute atomic E-state index is 0.0186. The number of anilines is 1. The number of amides is 2. The number of piperazine rings is 1. The van der Waals surface area contributed by atoms with E-state index < -0.39 is 6.61 Å². The Morgan fingerprint density at radius 2 is 1.89 bits per heavy atom. The van der Waals surface area contributed by atoms with Crippen LogP contribution in [0.1, 0.15) is 22.8 Å². The van der Waals surface area contributed by atoms with E-state index in [1.165, 1.54) is 29.2 Å². The van der Waals surface area contributed by atoms with E-state index in [9.17, 15) is 18.4 Å². The molecule has 0 bridgehead atoms. The van der Waals surface area contributed by atoms with Gasteiger partial charge in [-0.2, -0.15) is 8.78 Å². The van der Waals surface area contributed by atoms with Gasteiger partial charge in [-0.3, -0.25) is 9.59 Å². The fraction of sp³-hybridized carbons (Fsp3) is 0.300. The van der Waals surface area contributed by atoms with E-state index in [0.717, 1.165) is 11.3 Å². The van der Waals surface area contributed by atoms with Gasteiger partial charge in [0.15, 0.2) is 0 Å². The third kappa shape index (κ3) is 4.24. The highest BCUT2D eigenvalue weighted by Crippen LogP contribution is 2.23. The molecule has 2 amide bonds. The molecular formula is C20H20F2N2O3. The van der Waals surface area contributed by atoms with Gasteiger partial charge < -0.3 is 14.5 Å². The first-order chi connectivity index (χ1) is 12.8. The van der Waals surface area contributed by atoms with Gasteiger partial charge in [0.1, 0.15) is 12.3 Å². The summed E-state index contributed by atoms with van der Waals surface area (Å²) in [5.74, 6) is -0.497. The second kappa shape index (κ2) is 7.73. The highest BCUT2D eigenvalue weighted by Gasteiger charge is 2.33. The summed E-state index contributed by atoms with van der Waals surface area (Å²) in [7, 11) is 0. The Labute approximate surface area is 156 Å². The van der Waals surface area contributed by atoms with Crippen LogP contribution in [0.4, 0.5) is 14.5 Å². The average molecular weight is 374 g/mol. The summed E-state index contributed by atoms with van der Waals surface area (Å²) in [6, 6.07) is 12.9. The largest absolute Gasteiger partial charge is 0.435 e. The maximum Gasteiger partial charge on any atom is 0.387 e. The molecule has 1 aliphatic rings. The zero-order valence-corrected chi connectivity index (χ0v) is 15.1. The average Bonchev–Trinajstić information content (AvgIpc) is 2.63. The van der Waals surface area contributed by atoms with Gasteiger partial charge in [-0.05, 0) is 55.8 Å². The van der Waals surface area contributed by atoms with Crippen LogP contribution in [-0.2, 0) is 4.79 Å². The summed E-state index contributed by atoms with van der Waals surface area (Å²) in [6.45, 7) is 1.27. The summed E-state index contributed by atoms with van der Waals surface area (Å²) in [5.41, 5.74) is 2.19. The lowest BCUT2D eigenvalue weighted by Gasteiger charge is -2.39. The van der Waals surface area contributed by atoms with Crippen molar-refractivity contribution in [1.29, 1.82) is 0 Å². The molecule has 27 heavy (non-hydrogen) atoms. The summed E-state index contributed by atoms with van der Waals surface area (Å²) in [5, 5.41) is 0. The Kier molecular flexibility index (Phi) is 5.39. The molecule has 0 aliphatic carbocycles. The Morgan fingerprint density at radius 1 is 1.19 bits per heavy atom. The Morgan fingerprint density at radius 3 is 2.52 bits per heavy atom. The summed E-state index contributed by atoms with van der Waals surface area (Å²) >= 11 is 0. The third-order valence-electron chi connectivity index (χ3n) is 4.49. The molecule has 3 rings (SSSR count). The smallest absolute Gasteiger partial charge is 0.387 e. The first-order valence-corrected chi connectivity index (χ1v) is 8.58. The quantitative estimate of drug-likeness (QED) is 0.823. The molecule has 7 heteroatoms. The maximum absolute atomic E-state index is 12.8. The van der Waals surface area contributed by atoms with Crippen molar-refractivity contribution in [2.75, 3.05) is 18.0 Å². The van der Waals surface area contributed by atoms with Crippen LogP contribution in [0.2, 0.25) is 0 Å². The topological polar surface area (TPSA) is 49.9 Å². The molecule has 1 aliphatic heterocycles. The number of ether oxygens (including phenoxy) is 1. The molecule has 0 spiro atoms. The van der Waals surface area contributed by atoms with Gasteiger partial charge in [-0.1, -0.05) is 12.1 Å². The van der Waals surface area contributed by atoms with Gasteiger partial charge in [0.2, 0.25) is 5.91 Å². The highest BCUT2D eigenvalue weighted by molar-refractivity contribution is 6.02. The lowest BCUT2D eigenvalue weighted by atomic mass is 10.1. The lowest BCUT2D eigenvalue weighted by Crippen LogP contribution is -2.57. The van der Waals surface area contributed by atoms with Gasteiger partial charge in [0.25, 0.3) is 5.91 Å². The lowest BCUT2D eigenvalue weighted by molar-refractivity contribution is -0.121. The monoisotopic (exact) mass is 374 g/mol. The number of carbonyl (C=O) groups excluding carboxylic acids is 2. The van der Waals surface area contributed by atoms with E-state index in [1.54, 1.807) is 4.90 Å². The number of aryl methyl sites for hydroxylation is 1. The molecule has 1 fully saturated rings. The van der Waals surface area contributed by atoms with E-state index in [4.69, 9.17) is 0 Å². The van der Waals surface area contributed by atoms with Crippen LogP contribution in [-0.4, -0.2) is 42.5 Å². The summed E-state index contributed by atoms with van der Waals surface area (Å²) < 4.78 is 28.7. The second-order valence-electron chi connectivity index (χ2n) is 6.53. The van der Waals surface area contributed by atoms with Gasteiger partial charge in [0, 0.05) is 23.8 Å². The van der Waals surface area contributed by atoms with Crippen LogP contribution in [0.5, 0.6) is 5.75 Å². The Bertz CT molecular complexity index is 839. The van der Waals surface area contributed by atoms with Crippen molar-refractivity contribution < 1.29 is 23.1 Å². The van der Waals surface area contributed by atoms with Crippen LogP contribution in [0.15, 0.2) is 48.5 Å². The number of halogens is 2. The predicted octanol–water partition coefficient (Wildman–Crippen LogP) is 3.47. The van der Waals surface area contributed by atoms with Crippen molar-refractivity contribution in [3.8, 4) is 5.75 Å². The predicted molar refractivity (Wildman–Crippen MR) is 97.1 cm³/mol. The normalized spacial score (nSPS) is 17.4.